The minimum atomic E-state index is -0.593. The van der Waals surface area contributed by atoms with Gasteiger partial charge in [0.1, 0.15) is 18.1 Å². The first kappa shape index (κ1) is 25.6. The summed E-state index contributed by atoms with van der Waals surface area (Å²) in [6.45, 7) is 1.37. The molecule has 0 bridgehead atoms. The molecule has 1 heterocycles. The number of carbonyl (C=O) groups excluding carboxylic acids is 2. The zero-order valence-electron chi connectivity index (χ0n) is 18.3. The number of amides is 2. The van der Waals surface area contributed by atoms with Crippen molar-refractivity contribution in [2.75, 3.05) is 33.8 Å². The van der Waals surface area contributed by atoms with Crippen LogP contribution >= 0.6 is 12.4 Å². The molecule has 9 heteroatoms. The first-order valence-corrected chi connectivity index (χ1v) is 9.97. The number of pyridine rings is 1. The lowest BCUT2D eigenvalue weighted by molar-refractivity contribution is 0.0706. The van der Waals surface area contributed by atoms with Gasteiger partial charge in [0.2, 0.25) is 0 Å². The Balaban J connectivity index is 0.00000385. The number of nitrogens with zero attached hydrogens (tertiary/aromatic N) is 2. The third kappa shape index (κ3) is 7.19. The van der Waals surface area contributed by atoms with E-state index in [1.165, 1.54) is 0 Å². The molecule has 0 spiro atoms. The van der Waals surface area contributed by atoms with E-state index in [9.17, 15) is 9.59 Å². The number of likely N-dealkylation sites (N-methyl/N-ethyl adjacent to an activating group) is 1. The summed E-state index contributed by atoms with van der Waals surface area (Å²) >= 11 is 0. The number of aromatic nitrogens is 1. The maximum Gasteiger partial charge on any atom is 0.274 e. The molecule has 0 aliphatic heterocycles. The van der Waals surface area contributed by atoms with Gasteiger partial charge in [0, 0.05) is 29.1 Å². The van der Waals surface area contributed by atoms with Gasteiger partial charge < -0.3 is 15.0 Å². The van der Waals surface area contributed by atoms with Crippen molar-refractivity contribution >= 4 is 35.1 Å². The maximum atomic E-state index is 12.6. The van der Waals surface area contributed by atoms with E-state index in [1.54, 1.807) is 35.8 Å². The van der Waals surface area contributed by atoms with E-state index in [1.807, 2.05) is 43.3 Å². The van der Waals surface area contributed by atoms with Crippen molar-refractivity contribution in [2.24, 2.45) is 0 Å². The molecule has 0 saturated heterocycles. The van der Waals surface area contributed by atoms with Crippen molar-refractivity contribution in [3.8, 4) is 17.6 Å². The summed E-state index contributed by atoms with van der Waals surface area (Å²) < 4.78 is 5.91. The molecule has 3 N–H and O–H groups in total. The molecule has 2 amide bonds. The number of halogens is 1. The number of fused-ring (bicyclic) bond motifs is 1. The van der Waals surface area contributed by atoms with Crippen molar-refractivity contribution < 1.29 is 19.5 Å². The molecular formula is C24H25ClN4O4. The first-order valence-electron chi connectivity index (χ1n) is 9.97. The van der Waals surface area contributed by atoms with Crippen LogP contribution in [0, 0.1) is 11.8 Å². The Hall–Kier alpha value is -3.64. The Bertz CT molecular complexity index is 1170. The molecule has 1 aromatic heterocycles. The van der Waals surface area contributed by atoms with Crippen LogP contribution in [0.25, 0.3) is 10.9 Å². The van der Waals surface area contributed by atoms with Crippen LogP contribution < -0.4 is 15.5 Å². The number of benzene rings is 2. The highest BCUT2D eigenvalue weighted by Crippen LogP contribution is 2.25. The van der Waals surface area contributed by atoms with Crippen molar-refractivity contribution in [3.63, 3.8) is 0 Å². The summed E-state index contributed by atoms with van der Waals surface area (Å²) in [5.41, 5.74) is 3.50. The standard InChI is InChI=1S/C24H24N4O4.ClH/c1-28(2)14-15-32-22-16-21(26-20-8-4-3-7-19(20)22)24(30)25-13-5-6-17-9-11-18(12-10-17)23(29)27-31;/h3-4,7-12,16,31H,13-15H2,1-2H3,(H,25,30)(H,27,29);1H. The molecule has 0 aliphatic carbocycles. The highest BCUT2D eigenvalue weighted by Gasteiger charge is 2.12. The normalized spacial score (nSPS) is 10.1. The largest absolute Gasteiger partial charge is 0.491 e. The fraction of sp³-hybridized carbons (Fsp3) is 0.208. The van der Waals surface area contributed by atoms with Crippen LogP contribution in [0.1, 0.15) is 26.4 Å². The summed E-state index contributed by atoms with van der Waals surface area (Å²) in [5.74, 6) is 5.44. The molecule has 0 atom stereocenters. The molecule has 8 nitrogen and oxygen atoms in total. The van der Waals surface area contributed by atoms with E-state index < -0.39 is 5.91 Å². The van der Waals surface area contributed by atoms with E-state index in [-0.39, 0.29) is 30.6 Å². The third-order valence-corrected chi connectivity index (χ3v) is 4.53. The van der Waals surface area contributed by atoms with Crippen LogP contribution in [0.3, 0.4) is 0 Å². The SMILES string of the molecule is CN(C)CCOc1cc(C(=O)NCC#Cc2ccc(C(=O)NO)cc2)nc2ccccc12.Cl. The van der Waals surface area contributed by atoms with E-state index >= 15 is 0 Å². The van der Waals surface area contributed by atoms with E-state index in [0.29, 0.717) is 29.0 Å². The van der Waals surface area contributed by atoms with Crippen LogP contribution in [0.2, 0.25) is 0 Å². The molecule has 0 unspecified atom stereocenters. The fourth-order valence-electron chi connectivity index (χ4n) is 2.85. The number of hydroxylamine groups is 1. The van der Waals surface area contributed by atoms with Gasteiger partial charge in [0.05, 0.1) is 12.1 Å². The number of para-hydroxylation sites is 1. The number of hydrogen-bond acceptors (Lipinski definition) is 6. The number of rotatable bonds is 7. The Labute approximate surface area is 198 Å². The number of hydrogen-bond donors (Lipinski definition) is 3. The van der Waals surface area contributed by atoms with Gasteiger partial charge in [-0.25, -0.2) is 10.5 Å². The van der Waals surface area contributed by atoms with Gasteiger partial charge in [-0.05, 0) is 50.5 Å². The monoisotopic (exact) mass is 468 g/mol. The van der Waals surface area contributed by atoms with Crippen molar-refractivity contribution in [3.05, 3.63) is 71.4 Å². The van der Waals surface area contributed by atoms with Crippen LogP contribution in [-0.2, 0) is 0 Å². The van der Waals surface area contributed by atoms with Crippen LogP contribution in [-0.4, -0.2) is 60.7 Å². The molecule has 172 valence electrons. The van der Waals surface area contributed by atoms with Gasteiger partial charge in [0.15, 0.2) is 0 Å². The Kier molecular flexibility index (Phi) is 9.63. The highest BCUT2D eigenvalue weighted by molar-refractivity contribution is 5.97. The summed E-state index contributed by atoms with van der Waals surface area (Å²) in [7, 11) is 3.93. The summed E-state index contributed by atoms with van der Waals surface area (Å²) in [4.78, 5) is 30.4. The van der Waals surface area contributed by atoms with Crippen molar-refractivity contribution in [2.45, 2.75) is 0 Å². The lowest BCUT2D eigenvalue weighted by atomic mass is 10.1. The van der Waals surface area contributed by atoms with Crippen molar-refractivity contribution in [1.82, 2.24) is 20.7 Å². The Morgan fingerprint density at radius 1 is 1.09 bits per heavy atom. The second-order valence-electron chi connectivity index (χ2n) is 7.18. The van der Waals surface area contributed by atoms with Gasteiger partial charge >= 0.3 is 0 Å². The number of ether oxygens (including phenoxy) is 1. The highest BCUT2D eigenvalue weighted by atomic mass is 35.5. The van der Waals surface area contributed by atoms with E-state index in [4.69, 9.17) is 9.94 Å². The number of nitrogens with one attached hydrogen (secondary N) is 2. The minimum Gasteiger partial charge on any atom is -0.491 e. The Morgan fingerprint density at radius 2 is 1.82 bits per heavy atom. The lowest BCUT2D eigenvalue weighted by Crippen LogP contribution is -2.25. The fourth-order valence-corrected chi connectivity index (χ4v) is 2.85. The summed E-state index contributed by atoms with van der Waals surface area (Å²) in [6.07, 6.45) is 0. The van der Waals surface area contributed by atoms with Gasteiger partial charge in [-0.2, -0.15) is 0 Å². The van der Waals surface area contributed by atoms with Crippen LogP contribution in [0.15, 0.2) is 54.6 Å². The average molecular weight is 469 g/mol. The minimum absolute atomic E-state index is 0. The second-order valence-corrected chi connectivity index (χ2v) is 7.18. The van der Waals surface area contributed by atoms with Gasteiger partial charge in [-0.1, -0.05) is 24.0 Å². The zero-order valence-corrected chi connectivity index (χ0v) is 19.1. The smallest absolute Gasteiger partial charge is 0.274 e. The molecular weight excluding hydrogens is 444 g/mol. The molecule has 3 rings (SSSR count). The first-order chi connectivity index (χ1) is 15.5. The summed E-state index contributed by atoms with van der Waals surface area (Å²) in [6, 6.07) is 15.6. The summed E-state index contributed by atoms with van der Waals surface area (Å²) in [5, 5.41) is 12.2. The van der Waals surface area contributed by atoms with E-state index in [0.717, 1.165) is 11.9 Å². The maximum absolute atomic E-state index is 12.6. The van der Waals surface area contributed by atoms with Gasteiger partial charge in [-0.15, -0.1) is 12.4 Å². The Morgan fingerprint density at radius 3 is 2.52 bits per heavy atom. The number of carbonyl (C=O) groups is 2. The molecule has 2 aromatic carbocycles. The van der Waals surface area contributed by atoms with Crippen molar-refractivity contribution in [1.29, 1.82) is 0 Å². The zero-order chi connectivity index (χ0) is 22.9. The van der Waals surface area contributed by atoms with E-state index in [2.05, 4.69) is 22.1 Å². The quantitative estimate of drug-likeness (QED) is 0.279. The molecule has 0 aliphatic rings. The second kappa shape index (κ2) is 12.4. The molecule has 0 radical (unpaired) electrons. The molecule has 0 saturated carbocycles. The third-order valence-electron chi connectivity index (χ3n) is 4.53. The van der Waals surface area contributed by atoms with Crippen LogP contribution in [0.4, 0.5) is 0 Å². The predicted molar refractivity (Wildman–Crippen MR) is 128 cm³/mol. The average Bonchev–Trinajstić information content (AvgIpc) is 2.81. The molecule has 33 heavy (non-hydrogen) atoms. The molecule has 3 aromatic rings. The van der Waals surface area contributed by atoms with Crippen LogP contribution in [0.5, 0.6) is 5.75 Å². The topological polar surface area (TPSA) is 104 Å². The molecule has 0 fully saturated rings. The predicted octanol–water partition coefficient (Wildman–Crippen LogP) is 2.50. The van der Waals surface area contributed by atoms with Gasteiger partial charge in [-0.3, -0.25) is 14.8 Å². The van der Waals surface area contributed by atoms with Gasteiger partial charge in [0.25, 0.3) is 11.8 Å². The lowest BCUT2D eigenvalue weighted by Gasteiger charge is -2.13.